The van der Waals surface area contributed by atoms with Crippen LogP contribution >= 0.6 is 0 Å². The molecule has 9 heteroatoms. The fourth-order valence-corrected chi connectivity index (χ4v) is 5.47. The highest BCUT2D eigenvalue weighted by atomic mass is 16.6. The van der Waals surface area contributed by atoms with E-state index in [1.54, 1.807) is 6.33 Å². The minimum absolute atomic E-state index is 0.192. The summed E-state index contributed by atoms with van der Waals surface area (Å²) in [7, 11) is 0. The number of aromatic nitrogens is 3. The van der Waals surface area contributed by atoms with Gasteiger partial charge in [0.05, 0.1) is 13.2 Å². The van der Waals surface area contributed by atoms with Crippen molar-refractivity contribution < 1.29 is 14.3 Å². The number of carbonyl (C=O) groups is 1. The third-order valence-corrected chi connectivity index (χ3v) is 7.28. The first-order valence-electron chi connectivity index (χ1n) is 13.0. The molecule has 2 fully saturated rings. The van der Waals surface area contributed by atoms with E-state index in [1.165, 1.54) is 11.1 Å². The molecule has 35 heavy (non-hydrogen) atoms. The lowest BCUT2D eigenvalue weighted by molar-refractivity contribution is 0.00806. The van der Waals surface area contributed by atoms with E-state index < -0.39 is 5.60 Å². The van der Waals surface area contributed by atoms with Gasteiger partial charge in [0.2, 0.25) is 0 Å². The van der Waals surface area contributed by atoms with E-state index in [1.807, 2.05) is 36.4 Å². The lowest BCUT2D eigenvalue weighted by atomic mass is 9.89. The first-order chi connectivity index (χ1) is 16.9. The third kappa shape index (κ3) is 5.62. The lowest BCUT2D eigenvalue weighted by Crippen LogP contribution is -2.53. The van der Waals surface area contributed by atoms with Crippen LogP contribution in [0.25, 0.3) is 11.1 Å². The Morgan fingerprint density at radius 2 is 1.91 bits per heavy atom. The molecule has 0 radical (unpaired) electrons. The fourth-order valence-electron chi connectivity index (χ4n) is 5.47. The van der Waals surface area contributed by atoms with Crippen LogP contribution in [0.3, 0.4) is 0 Å². The maximum absolute atomic E-state index is 12.4. The normalized spacial score (nSPS) is 24.3. The van der Waals surface area contributed by atoms with Crippen LogP contribution in [0.5, 0.6) is 0 Å². The molecule has 4 heterocycles. The molecule has 1 saturated heterocycles. The van der Waals surface area contributed by atoms with E-state index in [2.05, 4.69) is 32.4 Å². The number of hydrogen-bond donors (Lipinski definition) is 1. The standard InChI is InChI=1S/C26H38N6O3/c1-26(2,3)35-25(33)31-14-12-30(13-15-31)21-6-4-20(5-7-21)29-24-23-22(19-9-16-34-17-10-19)8-11-32(23)28-18-27-24/h8-9,11,18,20-21H,4-7,10,12-17H2,1-3H3,(H,27,28,29)/t20-,21-. The van der Waals surface area contributed by atoms with Gasteiger partial charge in [0, 0.05) is 50.0 Å². The monoisotopic (exact) mass is 482 g/mol. The van der Waals surface area contributed by atoms with Crippen LogP contribution in [-0.4, -0.2) is 87.6 Å². The van der Waals surface area contributed by atoms with Crippen molar-refractivity contribution in [3.8, 4) is 0 Å². The number of fused-ring (bicyclic) bond motifs is 1. The van der Waals surface area contributed by atoms with Gasteiger partial charge in [-0.15, -0.1) is 0 Å². The van der Waals surface area contributed by atoms with Gasteiger partial charge in [0.1, 0.15) is 17.4 Å². The number of carbonyl (C=O) groups excluding carboxylic acids is 1. The first kappa shape index (κ1) is 24.1. The van der Waals surface area contributed by atoms with Gasteiger partial charge in [-0.05, 0) is 64.5 Å². The van der Waals surface area contributed by atoms with E-state index in [9.17, 15) is 4.79 Å². The zero-order chi connectivity index (χ0) is 24.4. The van der Waals surface area contributed by atoms with Crippen LogP contribution in [0.1, 0.15) is 58.4 Å². The zero-order valence-electron chi connectivity index (χ0n) is 21.2. The summed E-state index contributed by atoms with van der Waals surface area (Å²) in [6.07, 6.45) is 11.1. The number of anilines is 1. The van der Waals surface area contributed by atoms with E-state index in [0.29, 0.717) is 18.7 Å². The highest BCUT2D eigenvalue weighted by Crippen LogP contribution is 2.32. The Balaban J connectivity index is 1.16. The second-order valence-electron chi connectivity index (χ2n) is 10.8. The third-order valence-electron chi connectivity index (χ3n) is 7.28. The summed E-state index contributed by atoms with van der Waals surface area (Å²) in [5.41, 5.74) is 3.12. The molecule has 190 valence electrons. The molecule has 0 spiro atoms. The number of rotatable bonds is 4. The smallest absolute Gasteiger partial charge is 0.410 e. The van der Waals surface area contributed by atoms with Crippen molar-refractivity contribution in [1.82, 2.24) is 24.4 Å². The zero-order valence-corrected chi connectivity index (χ0v) is 21.2. The number of piperazine rings is 1. The highest BCUT2D eigenvalue weighted by Gasteiger charge is 2.31. The van der Waals surface area contributed by atoms with Gasteiger partial charge in [-0.1, -0.05) is 6.08 Å². The van der Waals surface area contributed by atoms with Gasteiger partial charge in [-0.2, -0.15) is 5.10 Å². The molecule has 2 aromatic heterocycles. The maximum Gasteiger partial charge on any atom is 0.410 e. The predicted octanol–water partition coefficient (Wildman–Crippen LogP) is 3.81. The van der Waals surface area contributed by atoms with Crippen molar-refractivity contribution in [2.24, 2.45) is 0 Å². The minimum Gasteiger partial charge on any atom is -0.444 e. The van der Waals surface area contributed by atoms with E-state index in [-0.39, 0.29) is 6.09 Å². The molecule has 5 rings (SSSR count). The lowest BCUT2D eigenvalue weighted by Gasteiger charge is -2.42. The molecule has 1 aliphatic carbocycles. The molecule has 2 aliphatic heterocycles. The average Bonchev–Trinajstić information content (AvgIpc) is 3.30. The summed E-state index contributed by atoms with van der Waals surface area (Å²) in [5, 5.41) is 8.16. The van der Waals surface area contributed by atoms with Crippen LogP contribution in [-0.2, 0) is 9.47 Å². The van der Waals surface area contributed by atoms with Crippen molar-refractivity contribution in [3.63, 3.8) is 0 Å². The van der Waals surface area contributed by atoms with Crippen LogP contribution in [0.4, 0.5) is 10.6 Å². The first-order valence-corrected chi connectivity index (χ1v) is 13.0. The molecule has 2 aromatic rings. The second-order valence-corrected chi connectivity index (χ2v) is 10.8. The van der Waals surface area contributed by atoms with Gasteiger partial charge in [-0.25, -0.2) is 14.3 Å². The molecule has 9 nitrogen and oxygen atoms in total. The topological polar surface area (TPSA) is 84.2 Å². The number of ether oxygens (including phenoxy) is 2. The SMILES string of the molecule is CC(C)(C)OC(=O)N1CCN([C@H]2CC[C@H](Nc3ncnn4ccc(C5=CCOCC5)c34)CC2)CC1. The fraction of sp³-hybridized carbons (Fsp3) is 0.654. The van der Waals surface area contributed by atoms with Gasteiger partial charge < -0.3 is 19.7 Å². The maximum atomic E-state index is 12.4. The summed E-state index contributed by atoms with van der Waals surface area (Å²) in [6, 6.07) is 3.12. The summed E-state index contributed by atoms with van der Waals surface area (Å²) < 4.78 is 13.0. The molecular weight excluding hydrogens is 444 g/mol. The number of nitrogens with zero attached hydrogens (tertiary/aromatic N) is 5. The Morgan fingerprint density at radius 3 is 2.60 bits per heavy atom. The number of amides is 1. The Labute approximate surface area is 207 Å². The quantitative estimate of drug-likeness (QED) is 0.709. The van der Waals surface area contributed by atoms with E-state index >= 15 is 0 Å². The summed E-state index contributed by atoms with van der Waals surface area (Å²) in [4.78, 5) is 21.4. The van der Waals surface area contributed by atoms with Crippen LogP contribution in [0.2, 0.25) is 0 Å². The van der Waals surface area contributed by atoms with Crippen molar-refractivity contribution in [2.75, 3.05) is 44.7 Å². The van der Waals surface area contributed by atoms with Crippen molar-refractivity contribution in [1.29, 1.82) is 0 Å². The summed E-state index contributed by atoms with van der Waals surface area (Å²) in [6.45, 7) is 10.5. The molecular formula is C26H38N6O3. The van der Waals surface area contributed by atoms with Crippen molar-refractivity contribution in [3.05, 3.63) is 30.2 Å². The van der Waals surface area contributed by atoms with Gasteiger partial charge in [-0.3, -0.25) is 4.90 Å². The van der Waals surface area contributed by atoms with Crippen molar-refractivity contribution in [2.45, 2.75) is 70.6 Å². The molecule has 0 unspecified atom stereocenters. The van der Waals surface area contributed by atoms with E-state index in [0.717, 1.165) is 76.2 Å². The van der Waals surface area contributed by atoms with Gasteiger partial charge in [0.15, 0.2) is 5.82 Å². The van der Waals surface area contributed by atoms with Crippen molar-refractivity contribution >= 4 is 23.0 Å². The van der Waals surface area contributed by atoms with Crippen LogP contribution < -0.4 is 5.32 Å². The Hall–Kier alpha value is -2.65. The van der Waals surface area contributed by atoms with Crippen LogP contribution in [0.15, 0.2) is 24.7 Å². The van der Waals surface area contributed by atoms with Gasteiger partial charge >= 0.3 is 6.09 Å². The Bertz CT molecular complexity index is 1060. The molecule has 1 amide bonds. The Morgan fingerprint density at radius 1 is 1.14 bits per heavy atom. The van der Waals surface area contributed by atoms with Gasteiger partial charge in [0.25, 0.3) is 0 Å². The largest absolute Gasteiger partial charge is 0.444 e. The number of nitrogens with one attached hydrogen (secondary N) is 1. The molecule has 0 aromatic carbocycles. The molecule has 0 bridgehead atoms. The predicted molar refractivity (Wildman–Crippen MR) is 135 cm³/mol. The highest BCUT2D eigenvalue weighted by molar-refractivity contribution is 5.86. The number of hydrogen-bond acceptors (Lipinski definition) is 7. The Kier molecular flexibility index (Phi) is 6.98. The average molecular weight is 483 g/mol. The summed E-state index contributed by atoms with van der Waals surface area (Å²) in [5.74, 6) is 0.918. The van der Waals surface area contributed by atoms with Crippen LogP contribution in [0, 0.1) is 0 Å². The second kappa shape index (κ2) is 10.1. The minimum atomic E-state index is -0.446. The molecule has 0 atom stereocenters. The summed E-state index contributed by atoms with van der Waals surface area (Å²) >= 11 is 0. The molecule has 1 N–H and O–H groups in total. The van der Waals surface area contributed by atoms with E-state index in [4.69, 9.17) is 9.47 Å². The molecule has 3 aliphatic rings. The molecule has 1 saturated carbocycles.